The molecule has 1 aromatic heterocycles. The Kier molecular flexibility index (Phi) is 5.02. The quantitative estimate of drug-likeness (QED) is 0.461. The second kappa shape index (κ2) is 7.21. The molecule has 0 radical (unpaired) electrons. The van der Waals surface area contributed by atoms with Crippen molar-refractivity contribution >= 4 is 5.97 Å². The molecule has 2 heterocycles. The van der Waals surface area contributed by atoms with Crippen molar-refractivity contribution < 1.29 is 14.1 Å². The van der Waals surface area contributed by atoms with Crippen LogP contribution >= 0.6 is 0 Å². The minimum atomic E-state index is -0.161. The maximum atomic E-state index is 11.7. The van der Waals surface area contributed by atoms with Crippen LogP contribution in [0.25, 0.3) is 5.69 Å². The monoisotopic (exact) mass is 340 g/mol. The first-order chi connectivity index (χ1) is 12.0. The van der Waals surface area contributed by atoms with E-state index in [0.29, 0.717) is 12.5 Å². The number of benzene rings is 1. The van der Waals surface area contributed by atoms with Crippen molar-refractivity contribution in [2.75, 3.05) is 6.61 Å². The SMILES string of the molecule is C=CCOC(=O)CC[C@@H]1CCc2nn(-c3c(C)cc(C)cc3C)c[n+]21. The molecule has 1 atom stereocenters. The molecule has 0 spiro atoms. The van der Waals surface area contributed by atoms with Gasteiger partial charge in [-0.25, -0.2) is 4.57 Å². The molecular formula is C20H26N3O2+. The van der Waals surface area contributed by atoms with Crippen LogP contribution in [0.5, 0.6) is 0 Å². The van der Waals surface area contributed by atoms with Crippen LogP contribution < -0.4 is 4.57 Å². The van der Waals surface area contributed by atoms with Crippen LogP contribution in [0.1, 0.15) is 47.8 Å². The van der Waals surface area contributed by atoms with Gasteiger partial charge in [0.1, 0.15) is 12.3 Å². The number of aryl methyl sites for hydroxylation is 4. The van der Waals surface area contributed by atoms with E-state index < -0.39 is 0 Å². The second-order valence-corrected chi connectivity index (χ2v) is 6.83. The van der Waals surface area contributed by atoms with Crippen molar-refractivity contribution in [2.24, 2.45) is 0 Å². The zero-order chi connectivity index (χ0) is 18.0. The average molecular weight is 340 g/mol. The Balaban J connectivity index is 1.77. The zero-order valence-corrected chi connectivity index (χ0v) is 15.3. The third kappa shape index (κ3) is 3.65. The van der Waals surface area contributed by atoms with Crippen LogP contribution in [0, 0.1) is 20.8 Å². The third-order valence-corrected chi connectivity index (χ3v) is 4.76. The lowest BCUT2D eigenvalue weighted by molar-refractivity contribution is -0.717. The van der Waals surface area contributed by atoms with Crippen molar-refractivity contribution in [2.45, 2.75) is 52.5 Å². The molecule has 0 aliphatic carbocycles. The Morgan fingerprint density at radius 2 is 2.12 bits per heavy atom. The minimum Gasteiger partial charge on any atom is -0.461 e. The van der Waals surface area contributed by atoms with Crippen molar-refractivity contribution in [3.63, 3.8) is 0 Å². The van der Waals surface area contributed by atoms with Gasteiger partial charge in [0.15, 0.2) is 0 Å². The maximum absolute atomic E-state index is 11.7. The lowest BCUT2D eigenvalue weighted by Gasteiger charge is -2.09. The summed E-state index contributed by atoms with van der Waals surface area (Å²) in [5.74, 6) is 0.926. The molecule has 5 nitrogen and oxygen atoms in total. The topological polar surface area (TPSA) is 48.0 Å². The van der Waals surface area contributed by atoms with Gasteiger partial charge in [0, 0.05) is 17.9 Å². The lowest BCUT2D eigenvalue weighted by Crippen LogP contribution is -2.36. The predicted molar refractivity (Wildman–Crippen MR) is 95.7 cm³/mol. The molecule has 0 saturated heterocycles. The number of carbonyl (C=O) groups excluding carboxylic acids is 1. The Morgan fingerprint density at radius 1 is 1.40 bits per heavy atom. The first kappa shape index (κ1) is 17.4. The van der Waals surface area contributed by atoms with Crippen LogP contribution in [-0.4, -0.2) is 22.4 Å². The number of esters is 1. The van der Waals surface area contributed by atoms with Gasteiger partial charge >= 0.3 is 5.97 Å². The molecule has 3 rings (SSSR count). The number of ether oxygens (including phenoxy) is 1. The summed E-state index contributed by atoms with van der Waals surface area (Å²) < 4.78 is 9.28. The van der Waals surface area contributed by atoms with Crippen molar-refractivity contribution in [3.05, 3.63) is 53.6 Å². The number of rotatable bonds is 6. The number of fused-ring (bicyclic) bond motifs is 1. The van der Waals surface area contributed by atoms with E-state index in [-0.39, 0.29) is 12.6 Å². The number of aromatic nitrogens is 3. The Hall–Kier alpha value is -2.43. The Bertz CT molecular complexity index is 784. The fraction of sp³-hybridized carbons (Fsp3) is 0.450. The van der Waals surface area contributed by atoms with Crippen molar-refractivity contribution in [1.82, 2.24) is 9.78 Å². The normalized spacial score (nSPS) is 15.9. The molecule has 0 amide bonds. The molecule has 0 saturated carbocycles. The molecule has 2 aromatic rings. The Morgan fingerprint density at radius 3 is 2.80 bits per heavy atom. The highest BCUT2D eigenvalue weighted by molar-refractivity contribution is 5.69. The highest BCUT2D eigenvalue weighted by Gasteiger charge is 2.32. The summed E-state index contributed by atoms with van der Waals surface area (Å²) in [6.45, 7) is 10.2. The molecule has 1 aromatic carbocycles. The second-order valence-electron chi connectivity index (χ2n) is 6.83. The average Bonchev–Trinajstić information content (AvgIpc) is 3.10. The van der Waals surface area contributed by atoms with Gasteiger partial charge < -0.3 is 4.74 Å². The van der Waals surface area contributed by atoms with Crippen LogP contribution in [-0.2, 0) is 16.0 Å². The predicted octanol–water partition coefficient (Wildman–Crippen LogP) is 3.08. The summed E-state index contributed by atoms with van der Waals surface area (Å²) in [5, 5.41) is 4.79. The van der Waals surface area contributed by atoms with E-state index in [4.69, 9.17) is 9.84 Å². The molecule has 0 bridgehead atoms. The summed E-state index contributed by atoms with van der Waals surface area (Å²) >= 11 is 0. The highest BCUT2D eigenvalue weighted by Crippen LogP contribution is 2.24. The van der Waals surface area contributed by atoms with Gasteiger partial charge in [-0.1, -0.05) is 35.0 Å². The summed E-state index contributed by atoms with van der Waals surface area (Å²) in [4.78, 5) is 11.7. The molecule has 0 unspecified atom stereocenters. The van der Waals surface area contributed by atoms with Gasteiger partial charge in [-0.3, -0.25) is 4.79 Å². The number of carbonyl (C=O) groups is 1. The fourth-order valence-electron chi connectivity index (χ4n) is 3.74. The smallest absolute Gasteiger partial charge is 0.306 e. The van der Waals surface area contributed by atoms with Gasteiger partial charge in [-0.05, 0) is 44.7 Å². The molecule has 25 heavy (non-hydrogen) atoms. The summed E-state index contributed by atoms with van der Waals surface area (Å²) in [7, 11) is 0. The van der Waals surface area contributed by atoms with Gasteiger partial charge in [0.2, 0.25) is 6.33 Å². The van der Waals surface area contributed by atoms with Crippen LogP contribution in [0.2, 0.25) is 0 Å². The lowest BCUT2D eigenvalue weighted by atomic mass is 10.1. The zero-order valence-electron chi connectivity index (χ0n) is 15.3. The van der Waals surface area contributed by atoms with Crippen LogP contribution in [0.3, 0.4) is 0 Å². The molecule has 132 valence electrons. The van der Waals surface area contributed by atoms with E-state index in [2.05, 4.69) is 50.4 Å². The highest BCUT2D eigenvalue weighted by atomic mass is 16.5. The first-order valence-corrected chi connectivity index (χ1v) is 8.84. The summed E-state index contributed by atoms with van der Waals surface area (Å²) in [6.07, 6.45) is 6.86. The standard InChI is InChI=1S/C20H26N3O2/c1-5-10-25-19(24)9-7-17-6-8-18-21-23(13-22(17)18)20-15(3)11-14(2)12-16(20)4/h5,11-13,17H,1,6-10H2,2-4H3/q+1/t17-/m0/s1. The molecule has 5 heteroatoms. The number of hydrogen-bond donors (Lipinski definition) is 0. The van der Waals surface area contributed by atoms with Gasteiger partial charge in [-0.15, -0.1) is 0 Å². The summed E-state index contributed by atoms with van der Waals surface area (Å²) in [6, 6.07) is 4.69. The van der Waals surface area contributed by atoms with Crippen molar-refractivity contribution in [3.8, 4) is 5.69 Å². The number of nitrogens with zero attached hydrogens (tertiary/aromatic N) is 3. The largest absolute Gasteiger partial charge is 0.461 e. The molecule has 1 aliphatic rings. The van der Waals surface area contributed by atoms with Gasteiger partial charge in [-0.2, -0.15) is 0 Å². The molecule has 0 fully saturated rings. The van der Waals surface area contributed by atoms with Crippen molar-refractivity contribution in [1.29, 1.82) is 0 Å². The molecule has 0 N–H and O–H groups in total. The summed E-state index contributed by atoms with van der Waals surface area (Å²) in [5.41, 5.74) is 4.87. The van der Waals surface area contributed by atoms with E-state index in [9.17, 15) is 4.79 Å². The Labute approximate surface area is 148 Å². The molecule has 1 aliphatic heterocycles. The van der Waals surface area contributed by atoms with Crippen LogP contribution in [0.4, 0.5) is 0 Å². The van der Waals surface area contributed by atoms with Gasteiger partial charge in [0.25, 0.3) is 5.82 Å². The molecular weight excluding hydrogens is 314 g/mol. The van der Waals surface area contributed by atoms with E-state index in [1.807, 2.05) is 4.68 Å². The fourth-order valence-corrected chi connectivity index (χ4v) is 3.74. The third-order valence-electron chi connectivity index (χ3n) is 4.76. The van der Waals surface area contributed by atoms with E-state index in [0.717, 1.165) is 30.8 Å². The first-order valence-electron chi connectivity index (χ1n) is 8.84. The van der Waals surface area contributed by atoms with E-state index in [1.54, 1.807) is 6.08 Å². The maximum Gasteiger partial charge on any atom is 0.306 e. The van der Waals surface area contributed by atoms with Crippen LogP contribution in [0.15, 0.2) is 31.1 Å². The van der Waals surface area contributed by atoms with E-state index >= 15 is 0 Å². The number of hydrogen-bond acceptors (Lipinski definition) is 3. The minimum absolute atomic E-state index is 0.161. The van der Waals surface area contributed by atoms with Gasteiger partial charge in [0.05, 0.1) is 6.04 Å². The van der Waals surface area contributed by atoms with E-state index in [1.165, 1.54) is 16.7 Å².